The molecule has 1 heterocycles. The fourth-order valence-electron chi connectivity index (χ4n) is 3.15. The summed E-state index contributed by atoms with van der Waals surface area (Å²) in [6.07, 6.45) is 0.145. The van der Waals surface area contributed by atoms with Crippen molar-refractivity contribution in [3.05, 3.63) is 102 Å². The Morgan fingerprint density at radius 3 is 2.23 bits per heavy atom. The van der Waals surface area contributed by atoms with Gasteiger partial charge < -0.3 is 5.32 Å². The molecule has 5 nitrogen and oxygen atoms in total. The van der Waals surface area contributed by atoms with Gasteiger partial charge in [-0.2, -0.15) is 0 Å². The van der Waals surface area contributed by atoms with Gasteiger partial charge in [-0.1, -0.05) is 54.6 Å². The summed E-state index contributed by atoms with van der Waals surface area (Å²) in [6, 6.07) is 27.8. The van der Waals surface area contributed by atoms with E-state index in [0.717, 1.165) is 22.8 Å². The Kier molecular flexibility index (Phi) is 6.25. The quantitative estimate of drug-likeness (QED) is 0.430. The molecule has 0 atom stereocenters. The summed E-state index contributed by atoms with van der Waals surface area (Å²) in [5.74, 6) is 1.98. The molecular weight excluding hydrogens is 392 g/mol. The number of aryl methyl sites for hydroxylation is 1. The van der Waals surface area contributed by atoms with Crippen LogP contribution in [0.5, 0.6) is 0 Å². The summed E-state index contributed by atoms with van der Waals surface area (Å²) in [5.41, 5.74) is 2.79. The number of rotatable bonds is 7. The summed E-state index contributed by atoms with van der Waals surface area (Å²) in [7, 11) is 0. The van der Waals surface area contributed by atoms with Gasteiger partial charge in [0.25, 0.3) is 0 Å². The Morgan fingerprint density at radius 1 is 0.867 bits per heavy atom. The maximum Gasteiger partial charge on any atom is 0.232 e. The van der Waals surface area contributed by atoms with E-state index in [9.17, 15) is 4.79 Å². The molecule has 0 radical (unpaired) electrons. The van der Waals surface area contributed by atoms with E-state index in [0.29, 0.717) is 11.6 Å². The molecule has 0 aliphatic rings. The van der Waals surface area contributed by atoms with Crippen LogP contribution < -0.4 is 5.32 Å². The average molecular weight is 415 g/mol. The third-order valence-corrected chi connectivity index (χ3v) is 5.67. The second-order valence-electron chi connectivity index (χ2n) is 6.85. The van der Waals surface area contributed by atoms with Crippen molar-refractivity contribution in [2.75, 3.05) is 5.32 Å². The number of nitrogens with zero attached hydrogens (tertiary/aromatic N) is 3. The maximum atomic E-state index is 12.7. The summed E-state index contributed by atoms with van der Waals surface area (Å²) in [6.45, 7) is 1.97. The molecule has 0 unspecified atom stereocenters. The minimum atomic E-state index is -0.115. The largest absolute Gasteiger partial charge is 0.325 e. The highest BCUT2D eigenvalue weighted by atomic mass is 32.2. The molecule has 0 fully saturated rings. The summed E-state index contributed by atoms with van der Waals surface area (Å²) >= 11 is 1.70. The van der Waals surface area contributed by atoms with E-state index in [-0.39, 0.29) is 12.3 Å². The predicted octanol–water partition coefficient (Wildman–Crippen LogP) is 5.05. The van der Waals surface area contributed by atoms with Gasteiger partial charge in [0.2, 0.25) is 5.91 Å². The van der Waals surface area contributed by atoms with Gasteiger partial charge in [0.05, 0.1) is 12.2 Å². The third kappa shape index (κ3) is 4.78. The van der Waals surface area contributed by atoms with E-state index in [2.05, 4.69) is 27.6 Å². The Bertz CT molecular complexity index is 1130. The van der Waals surface area contributed by atoms with Crippen molar-refractivity contribution in [3.8, 4) is 5.69 Å². The van der Waals surface area contributed by atoms with Crippen molar-refractivity contribution < 1.29 is 4.79 Å². The number of amides is 1. The second-order valence-corrected chi connectivity index (χ2v) is 7.89. The first-order chi connectivity index (χ1) is 14.7. The Morgan fingerprint density at radius 2 is 1.50 bits per heavy atom. The lowest BCUT2D eigenvalue weighted by atomic mass is 10.2. The minimum absolute atomic E-state index is 0.115. The van der Waals surface area contributed by atoms with Crippen molar-refractivity contribution in [3.63, 3.8) is 0 Å². The van der Waals surface area contributed by atoms with E-state index in [4.69, 9.17) is 0 Å². The van der Waals surface area contributed by atoms with Gasteiger partial charge in [-0.15, -0.1) is 22.0 Å². The Balaban J connectivity index is 1.57. The number of hydrogen-bond donors (Lipinski definition) is 1. The van der Waals surface area contributed by atoms with Crippen molar-refractivity contribution in [1.82, 2.24) is 14.8 Å². The Labute approximate surface area is 180 Å². The summed E-state index contributed by atoms with van der Waals surface area (Å²) in [5, 5.41) is 11.7. The van der Waals surface area contributed by atoms with Gasteiger partial charge in [0.1, 0.15) is 11.6 Å². The van der Waals surface area contributed by atoms with Crippen molar-refractivity contribution in [1.29, 1.82) is 0 Å². The molecular formula is C24H22N4OS. The third-order valence-electron chi connectivity index (χ3n) is 4.66. The smallest absolute Gasteiger partial charge is 0.232 e. The minimum Gasteiger partial charge on any atom is -0.325 e. The van der Waals surface area contributed by atoms with Crippen LogP contribution in [-0.4, -0.2) is 20.7 Å². The molecule has 4 aromatic rings. The van der Waals surface area contributed by atoms with E-state index < -0.39 is 0 Å². The molecule has 1 aromatic heterocycles. The standard InChI is InChI=1S/C24H22N4OS/c1-18-10-8-9-15-21(18)25-24(29)16-22-26-27-23(17-30-20-13-6-3-7-14-20)28(22)19-11-4-2-5-12-19/h2-15H,16-17H2,1H3,(H,25,29). The zero-order valence-electron chi connectivity index (χ0n) is 16.7. The highest BCUT2D eigenvalue weighted by Gasteiger charge is 2.17. The molecule has 4 rings (SSSR count). The van der Waals surface area contributed by atoms with E-state index in [1.165, 1.54) is 4.90 Å². The highest BCUT2D eigenvalue weighted by Crippen LogP contribution is 2.24. The Hall–Kier alpha value is -3.38. The monoisotopic (exact) mass is 414 g/mol. The van der Waals surface area contributed by atoms with Crippen LogP contribution in [0, 0.1) is 6.92 Å². The molecule has 0 saturated heterocycles. The summed E-state index contributed by atoms with van der Waals surface area (Å²) in [4.78, 5) is 13.9. The lowest BCUT2D eigenvalue weighted by molar-refractivity contribution is -0.115. The fourth-order valence-corrected chi connectivity index (χ4v) is 3.98. The molecule has 0 aliphatic carbocycles. The first-order valence-corrected chi connectivity index (χ1v) is 10.7. The maximum absolute atomic E-state index is 12.7. The number of benzene rings is 3. The first-order valence-electron chi connectivity index (χ1n) is 9.72. The van der Waals surface area contributed by atoms with Crippen LogP contribution in [0.1, 0.15) is 17.2 Å². The van der Waals surface area contributed by atoms with Gasteiger partial charge in [-0.05, 0) is 42.8 Å². The molecule has 3 aromatic carbocycles. The lowest BCUT2D eigenvalue weighted by Crippen LogP contribution is -2.18. The average Bonchev–Trinajstić information content (AvgIpc) is 3.17. The fraction of sp³-hybridized carbons (Fsp3) is 0.125. The lowest BCUT2D eigenvalue weighted by Gasteiger charge is -2.11. The molecule has 0 spiro atoms. The number of para-hydroxylation sites is 2. The van der Waals surface area contributed by atoms with Crippen LogP contribution in [0.3, 0.4) is 0 Å². The molecule has 6 heteroatoms. The van der Waals surface area contributed by atoms with Crippen LogP contribution in [0.4, 0.5) is 5.69 Å². The molecule has 0 bridgehead atoms. The van der Waals surface area contributed by atoms with Crippen LogP contribution in [0.15, 0.2) is 89.8 Å². The number of anilines is 1. The van der Waals surface area contributed by atoms with Crippen LogP contribution in [0.25, 0.3) is 5.69 Å². The first kappa shape index (κ1) is 19.9. The SMILES string of the molecule is Cc1ccccc1NC(=O)Cc1nnc(CSc2ccccc2)n1-c1ccccc1. The van der Waals surface area contributed by atoms with Gasteiger partial charge in [-0.25, -0.2) is 0 Å². The van der Waals surface area contributed by atoms with Crippen molar-refractivity contribution >= 4 is 23.4 Å². The van der Waals surface area contributed by atoms with Gasteiger partial charge in [0.15, 0.2) is 0 Å². The number of thioether (sulfide) groups is 1. The van der Waals surface area contributed by atoms with Crippen LogP contribution >= 0.6 is 11.8 Å². The van der Waals surface area contributed by atoms with Gasteiger partial charge in [0, 0.05) is 16.3 Å². The number of hydrogen-bond acceptors (Lipinski definition) is 4. The number of aromatic nitrogens is 3. The predicted molar refractivity (Wildman–Crippen MR) is 121 cm³/mol. The zero-order valence-corrected chi connectivity index (χ0v) is 17.5. The van der Waals surface area contributed by atoms with Gasteiger partial charge >= 0.3 is 0 Å². The van der Waals surface area contributed by atoms with E-state index in [1.807, 2.05) is 84.3 Å². The second kappa shape index (κ2) is 9.41. The van der Waals surface area contributed by atoms with Crippen LogP contribution in [0.2, 0.25) is 0 Å². The molecule has 1 amide bonds. The molecule has 30 heavy (non-hydrogen) atoms. The van der Waals surface area contributed by atoms with Crippen LogP contribution in [-0.2, 0) is 17.0 Å². The highest BCUT2D eigenvalue weighted by molar-refractivity contribution is 7.98. The molecule has 0 saturated carbocycles. The topological polar surface area (TPSA) is 59.8 Å². The van der Waals surface area contributed by atoms with E-state index >= 15 is 0 Å². The summed E-state index contributed by atoms with van der Waals surface area (Å²) < 4.78 is 1.98. The van der Waals surface area contributed by atoms with E-state index in [1.54, 1.807) is 11.8 Å². The number of nitrogens with one attached hydrogen (secondary N) is 1. The van der Waals surface area contributed by atoms with Crippen molar-refractivity contribution in [2.45, 2.75) is 24.0 Å². The number of carbonyl (C=O) groups is 1. The van der Waals surface area contributed by atoms with Crippen molar-refractivity contribution in [2.24, 2.45) is 0 Å². The zero-order chi connectivity index (χ0) is 20.8. The normalized spacial score (nSPS) is 10.7. The molecule has 1 N–H and O–H groups in total. The van der Waals surface area contributed by atoms with Gasteiger partial charge in [-0.3, -0.25) is 9.36 Å². The molecule has 0 aliphatic heterocycles. The molecule has 150 valence electrons. The number of carbonyl (C=O) groups excluding carboxylic acids is 1.